The monoisotopic (exact) mass is 338 g/mol. The Bertz CT molecular complexity index is 653. The van der Waals surface area contributed by atoms with E-state index in [1.54, 1.807) is 18.2 Å². The zero-order valence-electron chi connectivity index (χ0n) is 13.7. The lowest BCUT2D eigenvalue weighted by Gasteiger charge is -2.19. The van der Waals surface area contributed by atoms with Crippen LogP contribution in [0.25, 0.3) is 0 Å². The molecule has 0 spiro atoms. The van der Waals surface area contributed by atoms with E-state index in [2.05, 4.69) is 4.74 Å². The number of benzene rings is 1. The summed E-state index contributed by atoms with van der Waals surface area (Å²) >= 11 is 0. The predicted octanol–water partition coefficient (Wildman–Crippen LogP) is 0.880. The van der Waals surface area contributed by atoms with Gasteiger partial charge in [-0.1, -0.05) is 6.07 Å². The lowest BCUT2D eigenvalue weighted by atomic mass is 9.87. The molecule has 130 valence electrons. The second-order valence-electron chi connectivity index (χ2n) is 5.02. The van der Waals surface area contributed by atoms with E-state index in [4.69, 9.17) is 18.9 Å². The first-order valence-electron chi connectivity index (χ1n) is 7.06. The van der Waals surface area contributed by atoms with Crippen LogP contribution in [-0.4, -0.2) is 46.3 Å². The molecule has 1 aromatic carbocycles. The van der Waals surface area contributed by atoms with Gasteiger partial charge in [0.15, 0.2) is 17.4 Å². The third-order valence-corrected chi connectivity index (χ3v) is 3.85. The number of carbonyl (C=O) groups is 3. The van der Waals surface area contributed by atoms with Gasteiger partial charge in [-0.3, -0.25) is 14.4 Å². The Kier molecular flexibility index (Phi) is 5.28. The number of cyclic esters (lactones) is 1. The average molecular weight is 338 g/mol. The lowest BCUT2D eigenvalue weighted by molar-refractivity contribution is -0.159. The fourth-order valence-corrected chi connectivity index (χ4v) is 2.66. The van der Waals surface area contributed by atoms with Crippen molar-refractivity contribution < 1.29 is 38.1 Å². The first-order chi connectivity index (χ1) is 11.5. The van der Waals surface area contributed by atoms with Gasteiger partial charge in [-0.2, -0.15) is 0 Å². The molecule has 8 heteroatoms. The molecule has 24 heavy (non-hydrogen) atoms. The number of rotatable bonds is 5. The second kappa shape index (κ2) is 7.20. The molecule has 0 saturated carbocycles. The minimum atomic E-state index is -1.37. The van der Waals surface area contributed by atoms with Crippen molar-refractivity contribution in [1.29, 1.82) is 0 Å². The summed E-state index contributed by atoms with van der Waals surface area (Å²) in [7, 11) is 5.24. The maximum absolute atomic E-state index is 12.1. The molecule has 0 aliphatic carbocycles. The van der Waals surface area contributed by atoms with E-state index < -0.39 is 35.8 Å². The molecule has 1 fully saturated rings. The Morgan fingerprint density at radius 1 is 0.958 bits per heavy atom. The van der Waals surface area contributed by atoms with Crippen molar-refractivity contribution in [2.45, 2.75) is 6.10 Å². The summed E-state index contributed by atoms with van der Waals surface area (Å²) in [6, 6.07) is 4.81. The topological polar surface area (TPSA) is 97.4 Å². The fraction of sp³-hybridized carbons (Fsp3) is 0.438. The number of hydrogen-bond acceptors (Lipinski definition) is 8. The maximum atomic E-state index is 12.1. The van der Waals surface area contributed by atoms with E-state index >= 15 is 0 Å². The van der Waals surface area contributed by atoms with Crippen molar-refractivity contribution >= 4 is 17.9 Å². The zero-order chi connectivity index (χ0) is 17.9. The molecular weight excluding hydrogens is 320 g/mol. The number of hydrogen-bond donors (Lipinski definition) is 0. The molecule has 0 bridgehead atoms. The average Bonchev–Trinajstić information content (AvgIpc) is 2.96. The predicted molar refractivity (Wildman–Crippen MR) is 79.4 cm³/mol. The fourth-order valence-electron chi connectivity index (χ4n) is 2.66. The second-order valence-corrected chi connectivity index (χ2v) is 5.02. The molecular formula is C16H18O8. The van der Waals surface area contributed by atoms with Gasteiger partial charge in [0.05, 0.1) is 28.4 Å². The molecule has 1 aliphatic rings. The summed E-state index contributed by atoms with van der Waals surface area (Å²) in [6.45, 7) is 0. The van der Waals surface area contributed by atoms with Crippen LogP contribution in [0.5, 0.6) is 11.5 Å². The molecule has 3 unspecified atom stereocenters. The SMILES string of the molecule is COC(=O)C1C(=O)OC(c2ccc(OC)c(OC)c2)C1C(=O)OC. The number of carbonyl (C=O) groups excluding carboxylic acids is 3. The van der Waals surface area contributed by atoms with E-state index in [1.807, 2.05) is 0 Å². The van der Waals surface area contributed by atoms with E-state index in [9.17, 15) is 14.4 Å². The first kappa shape index (κ1) is 17.6. The van der Waals surface area contributed by atoms with Crippen molar-refractivity contribution in [3.05, 3.63) is 23.8 Å². The maximum Gasteiger partial charge on any atom is 0.322 e. The molecule has 0 N–H and O–H groups in total. The standard InChI is InChI=1S/C16H18O8/c1-20-9-6-5-8(7-10(9)21-2)13-11(14(17)22-3)12(15(18)23-4)16(19)24-13/h5-7,11-13H,1-4H3. The van der Waals surface area contributed by atoms with Crippen molar-refractivity contribution in [2.75, 3.05) is 28.4 Å². The summed E-state index contributed by atoms with van der Waals surface area (Å²) in [5.41, 5.74) is 0.475. The van der Waals surface area contributed by atoms with Crippen LogP contribution in [0.15, 0.2) is 18.2 Å². The first-order valence-corrected chi connectivity index (χ1v) is 7.06. The molecule has 3 atom stereocenters. The highest BCUT2D eigenvalue weighted by molar-refractivity contribution is 6.01. The molecule has 8 nitrogen and oxygen atoms in total. The van der Waals surface area contributed by atoms with Crippen molar-refractivity contribution in [1.82, 2.24) is 0 Å². The van der Waals surface area contributed by atoms with Gasteiger partial charge in [0.1, 0.15) is 12.0 Å². The third-order valence-electron chi connectivity index (χ3n) is 3.85. The Labute approximate surface area is 138 Å². The van der Waals surface area contributed by atoms with Crippen LogP contribution in [0.3, 0.4) is 0 Å². The summed E-state index contributed by atoms with van der Waals surface area (Å²) < 4.78 is 24.9. The van der Waals surface area contributed by atoms with Gasteiger partial charge in [0.2, 0.25) is 0 Å². The van der Waals surface area contributed by atoms with E-state index in [-0.39, 0.29) is 0 Å². The van der Waals surface area contributed by atoms with Crippen molar-refractivity contribution in [2.24, 2.45) is 11.8 Å². The molecule has 1 aliphatic heterocycles. The van der Waals surface area contributed by atoms with Gasteiger partial charge < -0.3 is 23.7 Å². The summed E-state index contributed by atoms with van der Waals surface area (Å²) in [6.07, 6.45) is -0.992. The third kappa shape index (κ3) is 2.99. The highest BCUT2D eigenvalue weighted by Gasteiger charge is 2.54. The Morgan fingerprint density at radius 3 is 2.12 bits per heavy atom. The largest absolute Gasteiger partial charge is 0.493 e. The molecule has 1 heterocycles. The molecule has 2 rings (SSSR count). The van der Waals surface area contributed by atoms with Gasteiger partial charge >= 0.3 is 17.9 Å². The van der Waals surface area contributed by atoms with Crippen LogP contribution in [0, 0.1) is 11.8 Å². The summed E-state index contributed by atoms with van der Waals surface area (Å²) in [5.74, 6) is -4.07. The van der Waals surface area contributed by atoms with Gasteiger partial charge in [0, 0.05) is 0 Å². The smallest absolute Gasteiger partial charge is 0.322 e. The van der Waals surface area contributed by atoms with E-state index in [0.717, 1.165) is 7.11 Å². The van der Waals surface area contributed by atoms with Crippen molar-refractivity contribution in [3.8, 4) is 11.5 Å². The highest BCUT2D eigenvalue weighted by Crippen LogP contribution is 2.42. The minimum Gasteiger partial charge on any atom is -0.493 e. The lowest BCUT2D eigenvalue weighted by Crippen LogP contribution is -2.33. The summed E-state index contributed by atoms with van der Waals surface area (Å²) in [4.78, 5) is 36.1. The minimum absolute atomic E-state index is 0.399. The molecule has 0 amide bonds. The van der Waals surface area contributed by atoms with Crippen LogP contribution in [0.1, 0.15) is 11.7 Å². The van der Waals surface area contributed by atoms with Gasteiger partial charge in [-0.05, 0) is 17.7 Å². The molecule has 0 radical (unpaired) electrons. The van der Waals surface area contributed by atoms with Crippen LogP contribution < -0.4 is 9.47 Å². The molecule has 1 saturated heterocycles. The van der Waals surface area contributed by atoms with E-state index in [0.29, 0.717) is 17.1 Å². The van der Waals surface area contributed by atoms with Crippen LogP contribution in [0.4, 0.5) is 0 Å². The number of esters is 3. The van der Waals surface area contributed by atoms with Gasteiger partial charge in [-0.25, -0.2) is 0 Å². The highest BCUT2D eigenvalue weighted by atomic mass is 16.6. The normalized spacial score (nSPS) is 22.5. The zero-order valence-corrected chi connectivity index (χ0v) is 13.7. The Balaban J connectivity index is 2.46. The summed E-state index contributed by atoms with van der Waals surface area (Å²) in [5, 5.41) is 0. The number of ether oxygens (including phenoxy) is 5. The Hall–Kier alpha value is -2.77. The number of methoxy groups -OCH3 is 4. The van der Waals surface area contributed by atoms with Gasteiger partial charge in [0.25, 0.3) is 0 Å². The molecule has 1 aromatic rings. The van der Waals surface area contributed by atoms with Crippen LogP contribution >= 0.6 is 0 Å². The van der Waals surface area contributed by atoms with Crippen LogP contribution in [0.2, 0.25) is 0 Å². The van der Waals surface area contributed by atoms with Crippen molar-refractivity contribution in [3.63, 3.8) is 0 Å². The Morgan fingerprint density at radius 2 is 1.58 bits per heavy atom. The molecule has 0 aromatic heterocycles. The van der Waals surface area contributed by atoms with Crippen LogP contribution in [-0.2, 0) is 28.6 Å². The van der Waals surface area contributed by atoms with Gasteiger partial charge in [-0.15, -0.1) is 0 Å². The van der Waals surface area contributed by atoms with E-state index in [1.165, 1.54) is 21.3 Å². The quantitative estimate of drug-likeness (QED) is 0.443.